The van der Waals surface area contributed by atoms with Crippen LogP contribution in [0.2, 0.25) is 0 Å². The van der Waals surface area contributed by atoms with Crippen LogP contribution >= 0.6 is 0 Å². The standard InChI is InChI=1S/C18H24N4O3/c1-11(23)10-21-5-7-22(8-6-21)18(24)14-9-15(13-3-4-13)19-17-16(14)12(2)20-25-17/h9,11,13,23H,3-8,10H2,1-2H3/t11-/m1/s1. The summed E-state index contributed by atoms with van der Waals surface area (Å²) < 4.78 is 5.34. The summed E-state index contributed by atoms with van der Waals surface area (Å²) in [6.45, 7) is 7.18. The fourth-order valence-corrected chi connectivity index (χ4v) is 3.55. The molecule has 4 rings (SSSR count). The van der Waals surface area contributed by atoms with Crippen molar-refractivity contribution in [2.45, 2.75) is 38.7 Å². The molecule has 7 heteroatoms. The molecule has 0 bridgehead atoms. The second-order valence-electron chi connectivity index (χ2n) is 7.26. The Morgan fingerprint density at radius 3 is 2.72 bits per heavy atom. The number of piperazine rings is 1. The zero-order valence-corrected chi connectivity index (χ0v) is 14.7. The molecule has 0 spiro atoms. The first-order valence-corrected chi connectivity index (χ1v) is 8.99. The first-order chi connectivity index (χ1) is 12.0. The number of β-amino-alcohol motifs (C(OH)–C–C–N with tert-alkyl or cyclic N) is 1. The lowest BCUT2D eigenvalue weighted by molar-refractivity contribution is 0.0555. The number of hydrogen-bond donors (Lipinski definition) is 1. The van der Waals surface area contributed by atoms with Gasteiger partial charge in [0.15, 0.2) is 0 Å². The van der Waals surface area contributed by atoms with Crippen LogP contribution in [0.15, 0.2) is 10.6 Å². The third kappa shape index (κ3) is 3.26. The molecule has 0 aromatic carbocycles. The highest BCUT2D eigenvalue weighted by atomic mass is 16.5. The number of carbonyl (C=O) groups excluding carboxylic acids is 1. The molecule has 1 saturated heterocycles. The van der Waals surface area contributed by atoms with E-state index in [0.717, 1.165) is 37.0 Å². The Morgan fingerprint density at radius 2 is 2.08 bits per heavy atom. The van der Waals surface area contributed by atoms with Gasteiger partial charge in [-0.1, -0.05) is 5.16 Å². The lowest BCUT2D eigenvalue weighted by Gasteiger charge is -2.35. The van der Waals surface area contributed by atoms with Gasteiger partial charge in [0, 0.05) is 44.3 Å². The molecule has 7 nitrogen and oxygen atoms in total. The van der Waals surface area contributed by atoms with Crippen LogP contribution in [0.1, 0.15) is 47.4 Å². The molecule has 1 atom stereocenters. The Balaban J connectivity index is 1.59. The van der Waals surface area contributed by atoms with Crippen LogP contribution in [0.4, 0.5) is 0 Å². The Morgan fingerprint density at radius 1 is 1.36 bits per heavy atom. The average Bonchev–Trinajstić information content (AvgIpc) is 3.38. The summed E-state index contributed by atoms with van der Waals surface area (Å²) in [5, 5.41) is 14.3. The number of aliphatic hydroxyl groups excluding tert-OH is 1. The highest BCUT2D eigenvalue weighted by Gasteiger charge is 2.30. The van der Waals surface area contributed by atoms with Gasteiger partial charge in [-0.25, -0.2) is 4.98 Å². The monoisotopic (exact) mass is 344 g/mol. The van der Waals surface area contributed by atoms with Gasteiger partial charge in [0.25, 0.3) is 11.6 Å². The summed E-state index contributed by atoms with van der Waals surface area (Å²) in [5.74, 6) is 0.474. The highest BCUT2D eigenvalue weighted by molar-refractivity contribution is 6.06. The minimum absolute atomic E-state index is 0.0253. The Bertz CT molecular complexity index is 789. The van der Waals surface area contributed by atoms with Gasteiger partial charge in [-0.3, -0.25) is 9.69 Å². The normalized spacial score (nSPS) is 20.2. The minimum Gasteiger partial charge on any atom is -0.392 e. The van der Waals surface area contributed by atoms with Crippen molar-refractivity contribution in [3.8, 4) is 0 Å². The Labute approximate surface area is 146 Å². The number of rotatable bonds is 4. The summed E-state index contributed by atoms with van der Waals surface area (Å²) in [4.78, 5) is 21.8. The van der Waals surface area contributed by atoms with Crippen LogP contribution in [0.5, 0.6) is 0 Å². The van der Waals surface area contributed by atoms with Gasteiger partial charge < -0.3 is 14.5 Å². The van der Waals surface area contributed by atoms with Crippen molar-refractivity contribution in [2.24, 2.45) is 0 Å². The number of fused-ring (bicyclic) bond motifs is 1. The quantitative estimate of drug-likeness (QED) is 0.906. The predicted molar refractivity (Wildman–Crippen MR) is 92.5 cm³/mol. The summed E-state index contributed by atoms with van der Waals surface area (Å²) in [5.41, 5.74) is 2.79. The molecule has 2 aromatic rings. The molecular weight excluding hydrogens is 320 g/mol. The van der Waals surface area contributed by atoms with E-state index >= 15 is 0 Å². The Kier molecular flexibility index (Phi) is 4.21. The lowest BCUT2D eigenvalue weighted by Crippen LogP contribution is -2.50. The van der Waals surface area contributed by atoms with Crippen molar-refractivity contribution in [3.05, 3.63) is 23.0 Å². The van der Waals surface area contributed by atoms with Crippen LogP contribution < -0.4 is 0 Å². The van der Waals surface area contributed by atoms with Crippen molar-refractivity contribution in [1.29, 1.82) is 0 Å². The molecule has 1 aliphatic heterocycles. The smallest absolute Gasteiger partial charge is 0.259 e. The van der Waals surface area contributed by atoms with Crippen molar-refractivity contribution in [2.75, 3.05) is 32.7 Å². The highest BCUT2D eigenvalue weighted by Crippen LogP contribution is 2.40. The van der Waals surface area contributed by atoms with Crippen molar-refractivity contribution in [1.82, 2.24) is 19.9 Å². The van der Waals surface area contributed by atoms with E-state index in [9.17, 15) is 9.90 Å². The molecule has 2 fully saturated rings. The van der Waals surface area contributed by atoms with Gasteiger partial charge in [0.05, 0.1) is 22.7 Å². The van der Waals surface area contributed by atoms with Gasteiger partial charge in [0.2, 0.25) is 0 Å². The molecule has 1 aliphatic carbocycles. The summed E-state index contributed by atoms with van der Waals surface area (Å²) in [7, 11) is 0. The first kappa shape index (κ1) is 16.5. The van der Waals surface area contributed by atoms with Gasteiger partial charge >= 0.3 is 0 Å². The largest absolute Gasteiger partial charge is 0.392 e. The van der Waals surface area contributed by atoms with E-state index in [1.807, 2.05) is 17.9 Å². The van der Waals surface area contributed by atoms with Crippen molar-refractivity contribution >= 4 is 17.0 Å². The maximum atomic E-state index is 13.1. The number of pyridine rings is 1. The molecule has 3 heterocycles. The predicted octanol–water partition coefficient (Wildman–Crippen LogP) is 1.55. The van der Waals surface area contributed by atoms with Gasteiger partial charge in [-0.2, -0.15) is 0 Å². The number of aliphatic hydroxyl groups is 1. The van der Waals surface area contributed by atoms with Crippen LogP contribution in [0.3, 0.4) is 0 Å². The van der Waals surface area contributed by atoms with Crippen LogP contribution in [0.25, 0.3) is 11.1 Å². The minimum atomic E-state index is -0.345. The molecule has 25 heavy (non-hydrogen) atoms. The first-order valence-electron chi connectivity index (χ1n) is 8.99. The maximum Gasteiger partial charge on any atom is 0.259 e. The van der Waals surface area contributed by atoms with Crippen LogP contribution in [-0.2, 0) is 0 Å². The topological polar surface area (TPSA) is 82.7 Å². The summed E-state index contributed by atoms with van der Waals surface area (Å²) >= 11 is 0. The SMILES string of the molecule is Cc1noc2nc(C3CC3)cc(C(=O)N3CCN(C[C@@H](C)O)CC3)c12. The van der Waals surface area contributed by atoms with E-state index < -0.39 is 0 Å². The fraction of sp³-hybridized carbons (Fsp3) is 0.611. The summed E-state index contributed by atoms with van der Waals surface area (Å²) in [6, 6.07) is 1.94. The van der Waals surface area contributed by atoms with Crippen LogP contribution in [0, 0.1) is 6.92 Å². The second-order valence-corrected chi connectivity index (χ2v) is 7.26. The van der Waals surface area contributed by atoms with E-state index in [-0.39, 0.29) is 12.0 Å². The van der Waals surface area contributed by atoms with E-state index in [2.05, 4.69) is 15.0 Å². The van der Waals surface area contributed by atoms with E-state index in [4.69, 9.17) is 4.52 Å². The molecular formula is C18H24N4O3. The molecule has 134 valence electrons. The number of hydrogen-bond acceptors (Lipinski definition) is 6. The second kappa shape index (κ2) is 6.38. The number of amides is 1. The molecule has 2 aliphatic rings. The van der Waals surface area contributed by atoms with Gasteiger partial charge in [-0.15, -0.1) is 0 Å². The van der Waals surface area contributed by atoms with Crippen molar-refractivity contribution < 1.29 is 14.4 Å². The molecule has 1 amide bonds. The van der Waals surface area contributed by atoms with E-state index in [0.29, 0.717) is 42.5 Å². The van der Waals surface area contributed by atoms with Crippen molar-refractivity contribution in [3.63, 3.8) is 0 Å². The number of aryl methyl sites for hydroxylation is 1. The van der Waals surface area contributed by atoms with Crippen LogP contribution in [-0.4, -0.2) is 69.8 Å². The Hall–Kier alpha value is -1.99. The number of nitrogens with zero attached hydrogens (tertiary/aromatic N) is 4. The van der Waals surface area contributed by atoms with Gasteiger partial charge in [0.1, 0.15) is 0 Å². The van der Waals surface area contributed by atoms with Gasteiger partial charge in [-0.05, 0) is 32.8 Å². The lowest BCUT2D eigenvalue weighted by atomic mass is 10.1. The fourth-order valence-electron chi connectivity index (χ4n) is 3.55. The molecule has 1 saturated carbocycles. The third-order valence-corrected chi connectivity index (χ3v) is 5.04. The molecule has 0 radical (unpaired) electrons. The number of carbonyl (C=O) groups is 1. The maximum absolute atomic E-state index is 13.1. The third-order valence-electron chi connectivity index (χ3n) is 5.04. The number of aromatic nitrogens is 2. The molecule has 2 aromatic heterocycles. The molecule has 0 unspecified atom stereocenters. The average molecular weight is 344 g/mol. The molecule has 1 N–H and O–H groups in total. The zero-order valence-electron chi connectivity index (χ0n) is 14.7. The van der Waals surface area contributed by atoms with E-state index in [1.54, 1.807) is 6.92 Å². The summed E-state index contributed by atoms with van der Waals surface area (Å²) in [6.07, 6.45) is 1.90. The van der Waals surface area contributed by atoms with E-state index in [1.165, 1.54) is 0 Å². The zero-order chi connectivity index (χ0) is 17.6.